The molecular formula is C14H20N2OS. The molecule has 0 aliphatic heterocycles. The van der Waals surface area contributed by atoms with Gasteiger partial charge in [0, 0.05) is 11.6 Å². The van der Waals surface area contributed by atoms with Gasteiger partial charge < -0.3 is 10.6 Å². The lowest BCUT2D eigenvalue weighted by Crippen LogP contribution is -2.42. The third-order valence-corrected chi connectivity index (χ3v) is 2.97. The van der Waals surface area contributed by atoms with E-state index >= 15 is 0 Å². The fraction of sp³-hybridized carbons (Fsp3) is 0.429. The van der Waals surface area contributed by atoms with Gasteiger partial charge in [-0.3, -0.25) is 4.79 Å². The summed E-state index contributed by atoms with van der Waals surface area (Å²) in [7, 11) is 0. The third-order valence-electron chi connectivity index (χ3n) is 2.84. The summed E-state index contributed by atoms with van der Waals surface area (Å²) in [5.74, 6) is -0.00440. The standard InChI is InChI=1S/C14H20N2OS/c1-4-11-7-5-6-8-12(11)14(17)16(10(2)3)9-13(15)18/h5-8,10H,4,9H2,1-3H3,(H2,15,18). The van der Waals surface area contributed by atoms with Crippen molar-refractivity contribution in [3.63, 3.8) is 0 Å². The summed E-state index contributed by atoms with van der Waals surface area (Å²) < 4.78 is 0. The van der Waals surface area contributed by atoms with Crippen molar-refractivity contribution in [2.45, 2.75) is 33.2 Å². The molecular weight excluding hydrogens is 244 g/mol. The van der Waals surface area contributed by atoms with Crippen LogP contribution in [0.5, 0.6) is 0 Å². The molecule has 0 aliphatic rings. The van der Waals surface area contributed by atoms with E-state index in [1.165, 1.54) is 0 Å². The van der Waals surface area contributed by atoms with Gasteiger partial charge in [0.05, 0.1) is 11.5 Å². The Kier molecular flexibility index (Phi) is 5.28. The first kappa shape index (κ1) is 14.6. The molecule has 0 aromatic heterocycles. The maximum atomic E-state index is 12.5. The minimum Gasteiger partial charge on any atom is -0.392 e. The molecule has 1 aromatic rings. The van der Waals surface area contributed by atoms with Gasteiger partial charge in [-0.1, -0.05) is 37.3 Å². The van der Waals surface area contributed by atoms with E-state index < -0.39 is 0 Å². The fourth-order valence-corrected chi connectivity index (χ4v) is 1.99. The summed E-state index contributed by atoms with van der Waals surface area (Å²) in [6.45, 7) is 6.29. The molecule has 2 N–H and O–H groups in total. The zero-order chi connectivity index (χ0) is 13.7. The number of thiocarbonyl (C=S) groups is 1. The lowest BCUT2D eigenvalue weighted by Gasteiger charge is -2.27. The summed E-state index contributed by atoms with van der Waals surface area (Å²) in [4.78, 5) is 14.6. The maximum Gasteiger partial charge on any atom is 0.254 e. The highest BCUT2D eigenvalue weighted by molar-refractivity contribution is 7.80. The van der Waals surface area contributed by atoms with Crippen molar-refractivity contribution >= 4 is 23.1 Å². The van der Waals surface area contributed by atoms with Crippen LogP contribution in [0.15, 0.2) is 24.3 Å². The Morgan fingerprint density at radius 3 is 2.50 bits per heavy atom. The van der Waals surface area contributed by atoms with Crippen LogP contribution in [0.3, 0.4) is 0 Å². The van der Waals surface area contributed by atoms with E-state index in [2.05, 4.69) is 0 Å². The number of hydrogen-bond donors (Lipinski definition) is 1. The van der Waals surface area contributed by atoms with Crippen LogP contribution in [-0.4, -0.2) is 28.4 Å². The Hall–Kier alpha value is -1.42. The van der Waals surface area contributed by atoms with Crippen LogP contribution in [-0.2, 0) is 6.42 Å². The average molecular weight is 264 g/mol. The number of rotatable bonds is 5. The molecule has 0 fully saturated rings. The zero-order valence-corrected chi connectivity index (χ0v) is 12.0. The highest BCUT2D eigenvalue weighted by Gasteiger charge is 2.20. The number of hydrogen-bond acceptors (Lipinski definition) is 2. The van der Waals surface area contributed by atoms with Gasteiger partial charge in [-0.2, -0.15) is 0 Å². The number of benzene rings is 1. The Balaban J connectivity index is 3.05. The normalized spacial score (nSPS) is 10.4. The van der Waals surface area contributed by atoms with Gasteiger partial charge in [-0.15, -0.1) is 0 Å². The lowest BCUT2D eigenvalue weighted by atomic mass is 10.0. The first-order valence-corrected chi connectivity index (χ1v) is 6.55. The smallest absolute Gasteiger partial charge is 0.254 e. The van der Waals surface area contributed by atoms with E-state index in [4.69, 9.17) is 18.0 Å². The number of aryl methyl sites for hydroxylation is 1. The number of nitrogens with zero attached hydrogens (tertiary/aromatic N) is 1. The molecule has 0 heterocycles. The minimum absolute atomic E-state index is 0.00440. The average Bonchev–Trinajstić information content (AvgIpc) is 2.34. The molecule has 98 valence electrons. The predicted molar refractivity (Wildman–Crippen MR) is 78.8 cm³/mol. The number of carbonyl (C=O) groups excluding carboxylic acids is 1. The van der Waals surface area contributed by atoms with Crippen molar-refractivity contribution in [1.29, 1.82) is 0 Å². The van der Waals surface area contributed by atoms with Crippen molar-refractivity contribution in [3.8, 4) is 0 Å². The quantitative estimate of drug-likeness (QED) is 0.831. The Labute approximate surface area is 114 Å². The monoisotopic (exact) mass is 264 g/mol. The van der Waals surface area contributed by atoms with E-state index in [0.29, 0.717) is 11.5 Å². The highest BCUT2D eigenvalue weighted by Crippen LogP contribution is 2.14. The molecule has 0 radical (unpaired) electrons. The van der Waals surface area contributed by atoms with Crippen molar-refractivity contribution in [1.82, 2.24) is 4.90 Å². The first-order valence-electron chi connectivity index (χ1n) is 6.14. The molecule has 0 aliphatic carbocycles. The molecule has 0 unspecified atom stereocenters. The first-order chi connectivity index (χ1) is 8.47. The Bertz CT molecular complexity index is 443. The molecule has 3 nitrogen and oxygen atoms in total. The van der Waals surface area contributed by atoms with Crippen LogP contribution >= 0.6 is 12.2 Å². The van der Waals surface area contributed by atoms with Crippen molar-refractivity contribution in [2.75, 3.05) is 6.54 Å². The molecule has 1 amide bonds. The Morgan fingerprint density at radius 1 is 1.39 bits per heavy atom. The lowest BCUT2D eigenvalue weighted by molar-refractivity contribution is 0.0735. The van der Waals surface area contributed by atoms with E-state index in [1.807, 2.05) is 45.0 Å². The van der Waals surface area contributed by atoms with Gasteiger partial charge in [0.15, 0.2) is 0 Å². The van der Waals surface area contributed by atoms with E-state index in [9.17, 15) is 4.79 Å². The summed E-state index contributed by atoms with van der Waals surface area (Å²) in [5.41, 5.74) is 7.35. The second-order valence-corrected chi connectivity index (χ2v) is 5.03. The summed E-state index contributed by atoms with van der Waals surface area (Å²) >= 11 is 4.91. The molecule has 1 aromatic carbocycles. The van der Waals surface area contributed by atoms with Gasteiger partial charge in [0.1, 0.15) is 0 Å². The summed E-state index contributed by atoms with van der Waals surface area (Å²) in [6.07, 6.45) is 0.834. The second-order valence-electron chi connectivity index (χ2n) is 4.50. The van der Waals surface area contributed by atoms with Gasteiger partial charge in [0.2, 0.25) is 0 Å². The van der Waals surface area contributed by atoms with Crippen molar-refractivity contribution in [2.24, 2.45) is 5.73 Å². The fourth-order valence-electron chi connectivity index (χ4n) is 1.85. The molecule has 0 spiro atoms. The number of carbonyl (C=O) groups is 1. The van der Waals surface area contributed by atoms with Crippen LogP contribution in [0, 0.1) is 0 Å². The van der Waals surface area contributed by atoms with Crippen molar-refractivity contribution in [3.05, 3.63) is 35.4 Å². The molecule has 0 saturated heterocycles. The molecule has 0 atom stereocenters. The second kappa shape index (κ2) is 6.50. The molecule has 0 bridgehead atoms. The van der Waals surface area contributed by atoms with Gasteiger partial charge in [0.25, 0.3) is 5.91 Å². The highest BCUT2D eigenvalue weighted by atomic mass is 32.1. The molecule has 4 heteroatoms. The predicted octanol–water partition coefficient (Wildman–Crippen LogP) is 2.39. The minimum atomic E-state index is -0.00440. The van der Waals surface area contributed by atoms with Crippen LogP contribution < -0.4 is 5.73 Å². The van der Waals surface area contributed by atoms with Gasteiger partial charge in [-0.05, 0) is 31.9 Å². The summed E-state index contributed by atoms with van der Waals surface area (Å²) in [5, 5.41) is 0. The van der Waals surface area contributed by atoms with E-state index in [-0.39, 0.29) is 11.9 Å². The van der Waals surface area contributed by atoms with Crippen LogP contribution in [0.25, 0.3) is 0 Å². The zero-order valence-electron chi connectivity index (χ0n) is 11.1. The van der Waals surface area contributed by atoms with Crippen LogP contribution in [0.4, 0.5) is 0 Å². The molecule has 0 saturated carbocycles. The summed E-state index contributed by atoms with van der Waals surface area (Å²) in [6, 6.07) is 7.74. The third kappa shape index (κ3) is 3.53. The number of amides is 1. The van der Waals surface area contributed by atoms with Gasteiger partial charge >= 0.3 is 0 Å². The van der Waals surface area contributed by atoms with E-state index in [1.54, 1.807) is 4.90 Å². The topological polar surface area (TPSA) is 46.3 Å². The maximum absolute atomic E-state index is 12.5. The molecule has 18 heavy (non-hydrogen) atoms. The molecule has 1 rings (SSSR count). The Morgan fingerprint density at radius 2 is 2.00 bits per heavy atom. The van der Waals surface area contributed by atoms with Crippen molar-refractivity contribution < 1.29 is 4.79 Å². The van der Waals surface area contributed by atoms with Gasteiger partial charge in [-0.25, -0.2) is 0 Å². The van der Waals surface area contributed by atoms with Crippen LogP contribution in [0.1, 0.15) is 36.7 Å². The van der Waals surface area contributed by atoms with E-state index in [0.717, 1.165) is 17.5 Å². The largest absolute Gasteiger partial charge is 0.392 e. The van der Waals surface area contributed by atoms with Crippen LogP contribution in [0.2, 0.25) is 0 Å². The number of nitrogens with two attached hydrogens (primary N) is 1. The SMILES string of the molecule is CCc1ccccc1C(=O)N(CC(N)=S)C(C)C.